The monoisotopic (exact) mass is 385 g/mol. The largest absolute Gasteiger partial charge is 0.357 e. The predicted molar refractivity (Wildman–Crippen MR) is 105 cm³/mol. The van der Waals surface area contributed by atoms with E-state index in [0.29, 0.717) is 38.6 Å². The summed E-state index contributed by atoms with van der Waals surface area (Å²) in [6.07, 6.45) is 3.02. The van der Waals surface area contributed by atoms with Crippen LogP contribution in [0.25, 0.3) is 0 Å². The highest BCUT2D eigenvalue weighted by Crippen LogP contribution is 2.31. The van der Waals surface area contributed by atoms with Crippen LogP contribution in [0, 0.1) is 10.1 Å². The Morgan fingerprint density at radius 1 is 1.43 bits per heavy atom. The number of nitrogens with one attached hydrogen (secondary N) is 3. The predicted octanol–water partition coefficient (Wildman–Crippen LogP) is 1.47. The van der Waals surface area contributed by atoms with Gasteiger partial charge < -0.3 is 16.0 Å². The summed E-state index contributed by atoms with van der Waals surface area (Å²) in [5.74, 6) is 0.652. The van der Waals surface area contributed by atoms with Gasteiger partial charge in [0.15, 0.2) is 5.96 Å². The van der Waals surface area contributed by atoms with Crippen molar-refractivity contribution in [1.29, 1.82) is 0 Å². The normalized spacial score (nSPS) is 16.2. The number of carbonyl (C=O) groups is 1. The van der Waals surface area contributed by atoms with Crippen LogP contribution in [0.1, 0.15) is 24.8 Å². The number of nitro groups is 1. The molecule has 1 amide bonds. The van der Waals surface area contributed by atoms with E-state index in [1.165, 1.54) is 17.1 Å². The van der Waals surface area contributed by atoms with Crippen molar-refractivity contribution in [1.82, 2.24) is 20.4 Å². The molecule has 28 heavy (non-hydrogen) atoms. The maximum atomic E-state index is 11.9. The Morgan fingerprint density at radius 3 is 3.00 bits per heavy atom. The standard InChI is InChI=1S/C18H23N7O3/c1-2-19-18(20-7-8-24-12-14(11-22-24)25(27)28)21-10-13-9-17(26)23-16-6-4-3-5-15(13)16/h3-6,11-13H,2,7-10H2,1H3,(H,23,26)(H2,19,20,21). The highest BCUT2D eigenvalue weighted by atomic mass is 16.6. The molecular formula is C18H23N7O3. The SMILES string of the molecule is CCNC(=NCC1CC(=O)Nc2ccccc21)NCCn1cc([N+](=O)[O-])cn1. The molecule has 1 aliphatic rings. The molecule has 1 atom stereocenters. The van der Waals surface area contributed by atoms with Crippen molar-refractivity contribution in [3.63, 3.8) is 0 Å². The minimum absolute atomic E-state index is 0.00265. The average Bonchev–Trinajstić information content (AvgIpc) is 3.15. The van der Waals surface area contributed by atoms with Gasteiger partial charge in [0, 0.05) is 31.1 Å². The summed E-state index contributed by atoms with van der Waals surface area (Å²) in [6.45, 7) is 4.12. The van der Waals surface area contributed by atoms with E-state index in [-0.39, 0.29) is 17.5 Å². The summed E-state index contributed by atoms with van der Waals surface area (Å²) in [5, 5.41) is 23.9. The van der Waals surface area contributed by atoms with Gasteiger partial charge in [0.25, 0.3) is 0 Å². The first-order valence-corrected chi connectivity index (χ1v) is 9.14. The molecular weight excluding hydrogens is 362 g/mol. The summed E-state index contributed by atoms with van der Waals surface area (Å²) in [5.41, 5.74) is 1.90. The molecule has 1 aromatic heterocycles. The van der Waals surface area contributed by atoms with E-state index in [4.69, 9.17) is 0 Å². The second-order valence-corrected chi connectivity index (χ2v) is 6.40. The van der Waals surface area contributed by atoms with E-state index < -0.39 is 4.92 Å². The zero-order valence-electron chi connectivity index (χ0n) is 15.6. The van der Waals surface area contributed by atoms with Gasteiger partial charge in [-0.1, -0.05) is 18.2 Å². The smallest absolute Gasteiger partial charge is 0.306 e. The van der Waals surface area contributed by atoms with E-state index in [1.807, 2.05) is 31.2 Å². The van der Waals surface area contributed by atoms with E-state index in [2.05, 4.69) is 26.0 Å². The molecule has 10 nitrogen and oxygen atoms in total. The van der Waals surface area contributed by atoms with Gasteiger partial charge in [-0.15, -0.1) is 0 Å². The highest BCUT2D eigenvalue weighted by molar-refractivity contribution is 5.94. The minimum atomic E-state index is -0.472. The van der Waals surface area contributed by atoms with E-state index in [1.54, 1.807) is 0 Å². The van der Waals surface area contributed by atoms with E-state index in [9.17, 15) is 14.9 Å². The lowest BCUT2D eigenvalue weighted by atomic mass is 9.91. The number of carbonyl (C=O) groups excluding carboxylic acids is 1. The maximum absolute atomic E-state index is 11.9. The number of amides is 1. The molecule has 0 aliphatic carbocycles. The van der Waals surface area contributed by atoms with Gasteiger partial charge >= 0.3 is 5.69 Å². The fourth-order valence-corrected chi connectivity index (χ4v) is 3.07. The lowest BCUT2D eigenvalue weighted by Gasteiger charge is -2.24. The number of anilines is 1. The number of benzene rings is 1. The van der Waals surface area contributed by atoms with Gasteiger partial charge in [-0.3, -0.25) is 24.6 Å². The van der Waals surface area contributed by atoms with Gasteiger partial charge in [-0.25, -0.2) is 0 Å². The van der Waals surface area contributed by atoms with Gasteiger partial charge in [0.2, 0.25) is 5.91 Å². The van der Waals surface area contributed by atoms with Gasteiger partial charge in [0.05, 0.1) is 18.0 Å². The maximum Gasteiger partial charge on any atom is 0.306 e. The van der Waals surface area contributed by atoms with Crippen molar-refractivity contribution in [3.05, 3.63) is 52.3 Å². The summed E-state index contributed by atoms with van der Waals surface area (Å²) in [7, 11) is 0. The molecule has 0 bridgehead atoms. The lowest BCUT2D eigenvalue weighted by Crippen LogP contribution is -2.39. The molecule has 0 spiro atoms. The second-order valence-electron chi connectivity index (χ2n) is 6.40. The lowest BCUT2D eigenvalue weighted by molar-refractivity contribution is -0.385. The number of rotatable bonds is 7. The third kappa shape index (κ3) is 4.84. The first-order chi connectivity index (χ1) is 13.6. The molecule has 2 aromatic rings. The molecule has 3 N–H and O–H groups in total. The second kappa shape index (κ2) is 8.98. The molecule has 0 saturated carbocycles. The van der Waals surface area contributed by atoms with Crippen molar-refractivity contribution < 1.29 is 9.72 Å². The molecule has 1 aromatic carbocycles. The van der Waals surface area contributed by atoms with E-state index in [0.717, 1.165) is 11.3 Å². The number of hydrogen-bond donors (Lipinski definition) is 3. The summed E-state index contributed by atoms with van der Waals surface area (Å²) >= 11 is 0. The Kier molecular flexibility index (Phi) is 6.20. The molecule has 3 rings (SSSR count). The summed E-state index contributed by atoms with van der Waals surface area (Å²) in [4.78, 5) is 26.8. The number of guanidine groups is 1. The van der Waals surface area contributed by atoms with Crippen LogP contribution in [-0.2, 0) is 11.3 Å². The van der Waals surface area contributed by atoms with Crippen LogP contribution in [0.15, 0.2) is 41.7 Å². The van der Waals surface area contributed by atoms with Gasteiger partial charge in [-0.05, 0) is 18.6 Å². The molecule has 148 valence electrons. The van der Waals surface area contributed by atoms with Crippen molar-refractivity contribution in [2.45, 2.75) is 25.8 Å². The van der Waals surface area contributed by atoms with Gasteiger partial charge in [-0.2, -0.15) is 5.10 Å². The zero-order valence-corrected chi connectivity index (χ0v) is 15.6. The van der Waals surface area contributed by atoms with Crippen LogP contribution < -0.4 is 16.0 Å². The Labute approximate surface area is 162 Å². The topological polar surface area (TPSA) is 126 Å². The first-order valence-electron chi connectivity index (χ1n) is 9.14. The molecule has 2 heterocycles. The number of fused-ring (bicyclic) bond motifs is 1. The van der Waals surface area contributed by atoms with Crippen LogP contribution in [0.2, 0.25) is 0 Å². The Morgan fingerprint density at radius 2 is 2.25 bits per heavy atom. The van der Waals surface area contributed by atoms with Crippen molar-refractivity contribution >= 4 is 23.2 Å². The number of aliphatic imine (C=N–C) groups is 1. The van der Waals surface area contributed by atoms with Crippen LogP contribution in [0.5, 0.6) is 0 Å². The van der Waals surface area contributed by atoms with Crippen LogP contribution in [0.4, 0.5) is 11.4 Å². The summed E-state index contributed by atoms with van der Waals surface area (Å²) in [6, 6.07) is 7.77. The zero-order chi connectivity index (χ0) is 19.9. The summed E-state index contributed by atoms with van der Waals surface area (Å²) < 4.78 is 1.51. The third-order valence-corrected chi connectivity index (χ3v) is 4.38. The molecule has 0 saturated heterocycles. The number of hydrogen-bond acceptors (Lipinski definition) is 5. The highest BCUT2D eigenvalue weighted by Gasteiger charge is 2.24. The van der Waals surface area contributed by atoms with E-state index >= 15 is 0 Å². The minimum Gasteiger partial charge on any atom is -0.357 e. The number of nitrogens with zero attached hydrogens (tertiary/aromatic N) is 4. The molecule has 0 radical (unpaired) electrons. The molecule has 1 unspecified atom stereocenters. The first kappa shape index (κ1) is 19.3. The van der Waals surface area contributed by atoms with Gasteiger partial charge in [0.1, 0.15) is 12.4 Å². The Balaban J connectivity index is 1.59. The van der Waals surface area contributed by atoms with Crippen LogP contribution >= 0.6 is 0 Å². The molecule has 0 fully saturated rings. The molecule has 1 aliphatic heterocycles. The quantitative estimate of drug-likeness (QED) is 0.287. The van der Waals surface area contributed by atoms with Crippen LogP contribution in [-0.4, -0.2) is 46.2 Å². The van der Waals surface area contributed by atoms with Crippen molar-refractivity contribution in [2.24, 2.45) is 4.99 Å². The molecule has 10 heteroatoms. The Hall–Kier alpha value is -3.43. The number of para-hydroxylation sites is 1. The van der Waals surface area contributed by atoms with Crippen molar-refractivity contribution in [3.8, 4) is 0 Å². The van der Waals surface area contributed by atoms with Crippen LogP contribution in [0.3, 0.4) is 0 Å². The average molecular weight is 385 g/mol. The fraction of sp³-hybridized carbons (Fsp3) is 0.389. The fourth-order valence-electron chi connectivity index (χ4n) is 3.07. The number of aromatic nitrogens is 2. The third-order valence-electron chi connectivity index (χ3n) is 4.38. The van der Waals surface area contributed by atoms with Crippen molar-refractivity contribution in [2.75, 3.05) is 25.0 Å². The Bertz CT molecular complexity index is 878.